The van der Waals surface area contributed by atoms with E-state index in [1.54, 1.807) is 0 Å². The third kappa shape index (κ3) is 5.80. The number of carboxylic acids is 1. The van der Waals surface area contributed by atoms with E-state index in [0.717, 1.165) is 38.5 Å². The lowest BCUT2D eigenvalue weighted by Gasteiger charge is -2.29. The SMILES string of the molecule is CCCCCC(C)NC(=O)NC1(CC(=O)O)CCCC1. The van der Waals surface area contributed by atoms with E-state index < -0.39 is 11.5 Å². The van der Waals surface area contributed by atoms with Gasteiger partial charge in [-0.3, -0.25) is 4.79 Å². The Morgan fingerprint density at radius 3 is 2.45 bits per heavy atom. The summed E-state index contributed by atoms with van der Waals surface area (Å²) in [6, 6.07) is -0.0954. The number of urea groups is 1. The van der Waals surface area contributed by atoms with Crippen molar-refractivity contribution in [1.82, 2.24) is 10.6 Å². The maximum atomic E-state index is 12.0. The third-order valence-corrected chi connectivity index (χ3v) is 4.05. The minimum Gasteiger partial charge on any atom is -0.481 e. The first-order chi connectivity index (χ1) is 9.47. The quantitative estimate of drug-likeness (QED) is 0.599. The van der Waals surface area contributed by atoms with E-state index in [2.05, 4.69) is 17.6 Å². The zero-order valence-corrected chi connectivity index (χ0v) is 12.7. The normalized spacial score (nSPS) is 18.5. The smallest absolute Gasteiger partial charge is 0.315 e. The van der Waals surface area contributed by atoms with Crippen LogP contribution >= 0.6 is 0 Å². The summed E-state index contributed by atoms with van der Waals surface area (Å²) in [6.45, 7) is 4.15. The van der Waals surface area contributed by atoms with Crippen LogP contribution in [0.3, 0.4) is 0 Å². The van der Waals surface area contributed by atoms with Crippen molar-refractivity contribution in [3.8, 4) is 0 Å². The van der Waals surface area contributed by atoms with Gasteiger partial charge >= 0.3 is 12.0 Å². The third-order valence-electron chi connectivity index (χ3n) is 4.05. The molecule has 0 bridgehead atoms. The molecule has 2 amide bonds. The van der Waals surface area contributed by atoms with Crippen molar-refractivity contribution in [3.05, 3.63) is 0 Å². The molecule has 116 valence electrons. The average molecular weight is 284 g/mol. The zero-order valence-electron chi connectivity index (χ0n) is 12.7. The molecule has 0 radical (unpaired) electrons. The van der Waals surface area contributed by atoms with Crippen molar-refractivity contribution >= 4 is 12.0 Å². The number of carboxylic acid groups (broad SMARTS) is 1. The zero-order chi connectivity index (χ0) is 15.0. The molecule has 20 heavy (non-hydrogen) atoms. The molecular formula is C15H28N2O3. The molecule has 0 aromatic heterocycles. The molecule has 3 N–H and O–H groups in total. The average Bonchev–Trinajstić information content (AvgIpc) is 2.76. The highest BCUT2D eigenvalue weighted by Crippen LogP contribution is 2.32. The first-order valence-electron chi connectivity index (χ1n) is 7.78. The number of carbonyl (C=O) groups is 2. The molecule has 1 fully saturated rings. The highest BCUT2D eigenvalue weighted by molar-refractivity contribution is 5.77. The molecule has 0 saturated heterocycles. The number of hydrogen-bond acceptors (Lipinski definition) is 2. The maximum Gasteiger partial charge on any atom is 0.315 e. The van der Waals surface area contributed by atoms with Gasteiger partial charge in [0.1, 0.15) is 0 Å². The molecule has 5 heteroatoms. The Hall–Kier alpha value is -1.26. The van der Waals surface area contributed by atoms with Crippen molar-refractivity contribution in [2.45, 2.75) is 83.2 Å². The van der Waals surface area contributed by atoms with E-state index in [1.807, 2.05) is 6.92 Å². The van der Waals surface area contributed by atoms with Gasteiger partial charge in [0, 0.05) is 6.04 Å². The number of carbonyl (C=O) groups excluding carboxylic acids is 1. The van der Waals surface area contributed by atoms with E-state index in [0.29, 0.717) is 0 Å². The van der Waals surface area contributed by atoms with Crippen molar-refractivity contribution in [1.29, 1.82) is 0 Å². The van der Waals surface area contributed by atoms with Gasteiger partial charge in [-0.15, -0.1) is 0 Å². The second kappa shape index (κ2) is 8.12. The Labute approximate surface area is 121 Å². The molecular weight excluding hydrogens is 256 g/mol. The fraction of sp³-hybridized carbons (Fsp3) is 0.867. The van der Waals surface area contributed by atoms with Gasteiger partial charge in [0.15, 0.2) is 0 Å². The van der Waals surface area contributed by atoms with Crippen LogP contribution in [-0.2, 0) is 4.79 Å². The second-order valence-corrected chi connectivity index (χ2v) is 6.05. The maximum absolute atomic E-state index is 12.0. The molecule has 1 aliphatic carbocycles. The summed E-state index contributed by atoms with van der Waals surface area (Å²) >= 11 is 0. The molecule has 1 atom stereocenters. The van der Waals surface area contributed by atoms with Gasteiger partial charge in [0.05, 0.1) is 12.0 Å². The molecule has 0 spiro atoms. The monoisotopic (exact) mass is 284 g/mol. The lowest BCUT2D eigenvalue weighted by molar-refractivity contribution is -0.138. The van der Waals surface area contributed by atoms with E-state index in [9.17, 15) is 9.59 Å². The highest BCUT2D eigenvalue weighted by atomic mass is 16.4. The number of rotatable bonds is 8. The number of nitrogens with one attached hydrogen (secondary N) is 2. The van der Waals surface area contributed by atoms with Crippen molar-refractivity contribution < 1.29 is 14.7 Å². The molecule has 1 rings (SSSR count). The summed E-state index contributed by atoms with van der Waals surface area (Å²) in [5.74, 6) is -0.844. The summed E-state index contributed by atoms with van der Waals surface area (Å²) < 4.78 is 0. The molecule has 5 nitrogen and oxygen atoms in total. The van der Waals surface area contributed by atoms with Crippen LogP contribution < -0.4 is 10.6 Å². The minimum atomic E-state index is -0.844. The van der Waals surface area contributed by atoms with Crippen molar-refractivity contribution in [3.63, 3.8) is 0 Å². The Balaban J connectivity index is 2.40. The number of hydrogen-bond donors (Lipinski definition) is 3. The molecule has 1 saturated carbocycles. The fourth-order valence-corrected chi connectivity index (χ4v) is 2.96. The van der Waals surface area contributed by atoms with Crippen LogP contribution in [0, 0.1) is 0 Å². The summed E-state index contributed by atoms with van der Waals surface area (Å²) in [5, 5.41) is 14.8. The summed E-state index contributed by atoms with van der Waals surface area (Å²) in [6.07, 6.45) is 7.93. The first-order valence-corrected chi connectivity index (χ1v) is 7.78. The minimum absolute atomic E-state index is 0.0185. The Bertz CT molecular complexity index is 325. The summed E-state index contributed by atoms with van der Waals surface area (Å²) in [7, 11) is 0. The standard InChI is InChI=1S/C15H28N2O3/c1-3-4-5-8-12(2)16-14(20)17-15(11-13(18)19)9-6-7-10-15/h12H,3-11H2,1-2H3,(H,18,19)(H2,16,17,20). The van der Waals surface area contributed by atoms with Crippen LogP contribution in [0.25, 0.3) is 0 Å². The van der Waals surface area contributed by atoms with Gasteiger partial charge in [-0.25, -0.2) is 4.79 Å². The van der Waals surface area contributed by atoms with Crippen LogP contribution in [0.4, 0.5) is 4.79 Å². The van der Waals surface area contributed by atoms with Gasteiger partial charge in [-0.2, -0.15) is 0 Å². The van der Waals surface area contributed by atoms with Gasteiger partial charge in [0.2, 0.25) is 0 Å². The van der Waals surface area contributed by atoms with Crippen LogP contribution in [0.2, 0.25) is 0 Å². The van der Waals surface area contributed by atoms with Crippen molar-refractivity contribution in [2.24, 2.45) is 0 Å². The van der Waals surface area contributed by atoms with E-state index in [4.69, 9.17) is 5.11 Å². The first kappa shape index (κ1) is 16.8. The van der Waals surface area contributed by atoms with Gasteiger partial charge in [0.25, 0.3) is 0 Å². The lowest BCUT2D eigenvalue weighted by atomic mass is 9.93. The molecule has 0 aromatic carbocycles. The molecule has 1 aliphatic rings. The number of amides is 2. The van der Waals surface area contributed by atoms with Gasteiger partial charge in [-0.1, -0.05) is 39.0 Å². The second-order valence-electron chi connectivity index (χ2n) is 6.05. The molecule has 0 heterocycles. The van der Waals surface area contributed by atoms with Gasteiger partial charge in [-0.05, 0) is 26.2 Å². The lowest BCUT2D eigenvalue weighted by Crippen LogP contribution is -2.53. The molecule has 0 aromatic rings. The van der Waals surface area contributed by atoms with Crippen LogP contribution in [-0.4, -0.2) is 28.7 Å². The topological polar surface area (TPSA) is 78.4 Å². The van der Waals surface area contributed by atoms with Crippen LogP contribution in [0.5, 0.6) is 0 Å². The Kier molecular flexibility index (Phi) is 6.82. The van der Waals surface area contributed by atoms with E-state index in [1.165, 1.54) is 12.8 Å². The summed E-state index contributed by atoms with van der Waals surface area (Å²) in [5.41, 5.74) is -0.543. The predicted molar refractivity (Wildman–Crippen MR) is 78.7 cm³/mol. The van der Waals surface area contributed by atoms with E-state index in [-0.39, 0.29) is 18.5 Å². The van der Waals surface area contributed by atoms with E-state index >= 15 is 0 Å². The van der Waals surface area contributed by atoms with Crippen LogP contribution in [0.1, 0.15) is 71.6 Å². The molecule has 0 aliphatic heterocycles. The highest BCUT2D eigenvalue weighted by Gasteiger charge is 2.37. The van der Waals surface area contributed by atoms with Gasteiger partial charge < -0.3 is 15.7 Å². The number of aliphatic carboxylic acids is 1. The Morgan fingerprint density at radius 2 is 1.90 bits per heavy atom. The Morgan fingerprint density at radius 1 is 1.25 bits per heavy atom. The fourth-order valence-electron chi connectivity index (χ4n) is 2.96. The summed E-state index contributed by atoms with van der Waals surface area (Å²) in [4.78, 5) is 23.0. The van der Waals surface area contributed by atoms with Crippen molar-refractivity contribution in [2.75, 3.05) is 0 Å². The molecule has 1 unspecified atom stereocenters. The van der Waals surface area contributed by atoms with Crippen LogP contribution in [0.15, 0.2) is 0 Å². The predicted octanol–water partition coefficient (Wildman–Crippen LogP) is 3.04. The largest absolute Gasteiger partial charge is 0.481 e. The number of unbranched alkanes of at least 4 members (excludes halogenated alkanes) is 2.